The monoisotopic (exact) mass is 608 g/mol. The number of aromatic hydroxyl groups is 2. The molecule has 234 valence electrons. The van der Waals surface area contributed by atoms with Crippen molar-refractivity contribution < 1.29 is 69.0 Å². The summed E-state index contributed by atoms with van der Waals surface area (Å²) in [5.74, 6) is -0.653. The van der Waals surface area contributed by atoms with Gasteiger partial charge in [-0.3, -0.25) is 4.79 Å². The highest BCUT2D eigenvalue weighted by Gasteiger charge is 2.50. The third kappa shape index (κ3) is 5.86. The van der Waals surface area contributed by atoms with Crippen molar-refractivity contribution in [2.24, 2.45) is 0 Å². The van der Waals surface area contributed by atoms with Gasteiger partial charge in [-0.1, -0.05) is 0 Å². The SMILES string of the molecule is COc1ccc(-c2cc(=O)c3c(O)cc(O[C@@H]4OC(CO)[C@H](O)C(O)C4O[C@@H]4OC(C)[C@H](O)C(O)C4O)cc3o2)cc1O. The van der Waals surface area contributed by atoms with E-state index in [4.69, 9.17) is 28.1 Å². The first-order chi connectivity index (χ1) is 20.4. The molecule has 0 aliphatic carbocycles. The second-order valence-electron chi connectivity index (χ2n) is 10.3. The summed E-state index contributed by atoms with van der Waals surface area (Å²) in [7, 11) is 1.38. The Hall–Kier alpha value is -3.51. The summed E-state index contributed by atoms with van der Waals surface area (Å²) in [5.41, 5.74) is -0.414. The van der Waals surface area contributed by atoms with Crippen molar-refractivity contribution in [2.75, 3.05) is 13.7 Å². The van der Waals surface area contributed by atoms with Gasteiger partial charge in [-0.15, -0.1) is 0 Å². The van der Waals surface area contributed by atoms with Gasteiger partial charge in [0.1, 0.15) is 64.9 Å². The average molecular weight is 609 g/mol. The van der Waals surface area contributed by atoms with Crippen molar-refractivity contribution in [3.8, 4) is 34.3 Å². The number of hydrogen-bond acceptors (Lipinski definition) is 15. The van der Waals surface area contributed by atoms with E-state index in [0.29, 0.717) is 5.56 Å². The first-order valence-corrected chi connectivity index (χ1v) is 13.3. The van der Waals surface area contributed by atoms with Crippen molar-refractivity contribution in [3.63, 3.8) is 0 Å². The van der Waals surface area contributed by atoms with Crippen LogP contribution in [0.5, 0.6) is 23.0 Å². The third-order valence-corrected chi connectivity index (χ3v) is 7.42. The minimum absolute atomic E-state index is 0.0410. The van der Waals surface area contributed by atoms with Crippen LogP contribution in [0, 0.1) is 0 Å². The van der Waals surface area contributed by atoms with E-state index in [9.17, 15) is 45.6 Å². The van der Waals surface area contributed by atoms with E-state index < -0.39 is 79.2 Å². The Morgan fingerprint density at radius 2 is 1.58 bits per heavy atom. The van der Waals surface area contributed by atoms with Crippen LogP contribution in [0.25, 0.3) is 22.3 Å². The summed E-state index contributed by atoms with van der Waals surface area (Å²) < 4.78 is 33.5. The molecule has 15 nitrogen and oxygen atoms in total. The molecule has 2 saturated heterocycles. The maximum Gasteiger partial charge on any atom is 0.229 e. The van der Waals surface area contributed by atoms with Gasteiger partial charge in [0, 0.05) is 23.8 Å². The lowest BCUT2D eigenvalue weighted by atomic mass is 9.97. The van der Waals surface area contributed by atoms with Crippen molar-refractivity contribution in [1.82, 2.24) is 0 Å². The highest BCUT2D eigenvalue weighted by molar-refractivity contribution is 5.86. The Kier molecular flexibility index (Phi) is 8.80. The Morgan fingerprint density at radius 3 is 2.26 bits per heavy atom. The van der Waals surface area contributed by atoms with E-state index in [1.165, 1.54) is 32.2 Å². The fraction of sp³-hybridized carbons (Fsp3) is 0.464. The van der Waals surface area contributed by atoms with Crippen LogP contribution in [0.3, 0.4) is 0 Å². The lowest BCUT2D eigenvalue weighted by molar-refractivity contribution is -0.354. The zero-order valence-corrected chi connectivity index (χ0v) is 22.9. The van der Waals surface area contributed by atoms with Gasteiger partial charge in [-0.25, -0.2) is 0 Å². The second-order valence-corrected chi connectivity index (χ2v) is 10.3. The van der Waals surface area contributed by atoms with Gasteiger partial charge in [0.25, 0.3) is 0 Å². The predicted octanol–water partition coefficient (Wildman–Crippen LogP) is -1.09. The zero-order chi connectivity index (χ0) is 31.2. The molecule has 0 bridgehead atoms. The van der Waals surface area contributed by atoms with E-state index in [1.807, 2.05) is 0 Å². The fourth-order valence-electron chi connectivity index (χ4n) is 5.01. The summed E-state index contributed by atoms with van der Waals surface area (Å²) >= 11 is 0. The molecule has 3 heterocycles. The summed E-state index contributed by atoms with van der Waals surface area (Å²) in [6.45, 7) is 0.687. The van der Waals surface area contributed by atoms with Crippen LogP contribution in [-0.2, 0) is 14.2 Å². The lowest BCUT2D eigenvalue weighted by Crippen LogP contribution is -2.64. The van der Waals surface area contributed by atoms with Crippen molar-refractivity contribution in [3.05, 3.63) is 46.6 Å². The molecular weight excluding hydrogens is 576 g/mol. The van der Waals surface area contributed by atoms with Gasteiger partial charge in [0.05, 0.1) is 19.8 Å². The summed E-state index contributed by atoms with van der Waals surface area (Å²) in [6, 6.07) is 7.77. The molecule has 2 aliphatic rings. The van der Waals surface area contributed by atoms with Gasteiger partial charge in [0.15, 0.2) is 29.3 Å². The topological polar surface area (TPSA) is 238 Å². The van der Waals surface area contributed by atoms with Crippen LogP contribution in [0.15, 0.2) is 45.6 Å². The van der Waals surface area contributed by atoms with Crippen LogP contribution >= 0.6 is 0 Å². The third-order valence-electron chi connectivity index (χ3n) is 7.42. The Bertz CT molecular complexity index is 1510. The van der Waals surface area contributed by atoms with Gasteiger partial charge >= 0.3 is 0 Å². The van der Waals surface area contributed by atoms with Crippen LogP contribution in [0.2, 0.25) is 0 Å². The quantitative estimate of drug-likeness (QED) is 0.159. The molecule has 2 aliphatic heterocycles. The molecule has 10 atom stereocenters. The van der Waals surface area contributed by atoms with Crippen LogP contribution in [0.1, 0.15) is 6.92 Å². The van der Waals surface area contributed by atoms with E-state index >= 15 is 0 Å². The normalized spacial score (nSPS) is 32.9. The summed E-state index contributed by atoms with van der Waals surface area (Å²) in [4.78, 5) is 12.9. The number of benzene rings is 2. The Morgan fingerprint density at radius 1 is 0.837 bits per heavy atom. The molecule has 15 heteroatoms. The van der Waals surface area contributed by atoms with Crippen LogP contribution in [-0.4, -0.2) is 116 Å². The number of phenols is 2. The summed E-state index contributed by atoms with van der Waals surface area (Å²) in [5, 5.41) is 82.2. The molecular formula is C28H32O15. The largest absolute Gasteiger partial charge is 0.507 e. The van der Waals surface area contributed by atoms with Gasteiger partial charge in [-0.05, 0) is 25.1 Å². The maximum absolute atomic E-state index is 12.9. The first kappa shape index (κ1) is 30.9. The number of rotatable bonds is 7. The first-order valence-electron chi connectivity index (χ1n) is 13.3. The molecule has 2 fully saturated rings. The predicted molar refractivity (Wildman–Crippen MR) is 143 cm³/mol. The zero-order valence-electron chi connectivity index (χ0n) is 22.9. The van der Waals surface area contributed by atoms with E-state index in [2.05, 4.69) is 0 Å². The maximum atomic E-state index is 12.9. The molecule has 0 saturated carbocycles. The van der Waals surface area contributed by atoms with E-state index in [0.717, 1.165) is 12.1 Å². The number of phenolic OH excluding ortho intramolecular Hbond substituents is 2. The highest BCUT2D eigenvalue weighted by Crippen LogP contribution is 2.36. The average Bonchev–Trinajstić information content (AvgIpc) is 2.97. The number of methoxy groups -OCH3 is 1. The van der Waals surface area contributed by atoms with Crippen molar-refractivity contribution in [2.45, 2.75) is 68.3 Å². The van der Waals surface area contributed by atoms with Crippen molar-refractivity contribution in [1.29, 1.82) is 0 Å². The lowest BCUT2D eigenvalue weighted by Gasteiger charge is -2.45. The number of fused-ring (bicyclic) bond motifs is 1. The van der Waals surface area contributed by atoms with E-state index in [-0.39, 0.29) is 34.0 Å². The second kappa shape index (κ2) is 12.2. The molecule has 0 amide bonds. The number of aliphatic hydroxyl groups excluding tert-OH is 6. The van der Waals surface area contributed by atoms with Gasteiger partial charge in [-0.2, -0.15) is 0 Å². The smallest absolute Gasteiger partial charge is 0.229 e. The van der Waals surface area contributed by atoms with E-state index in [1.54, 1.807) is 6.07 Å². The molecule has 2 aromatic carbocycles. The number of ether oxygens (including phenoxy) is 5. The molecule has 8 N–H and O–H groups in total. The minimum atomic E-state index is -1.77. The Labute approximate surface area is 243 Å². The van der Waals surface area contributed by atoms with Gasteiger partial charge in [0.2, 0.25) is 6.29 Å². The van der Waals surface area contributed by atoms with Gasteiger partial charge < -0.3 is 69.0 Å². The number of aliphatic hydroxyl groups is 6. The molecule has 0 spiro atoms. The fourth-order valence-corrected chi connectivity index (χ4v) is 5.01. The molecule has 43 heavy (non-hydrogen) atoms. The van der Waals surface area contributed by atoms with Crippen LogP contribution in [0.4, 0.5) is 0 Å². The minimum Gasteiger partial charge on any atom is -0.507 e. The molecule has 5 rings (SSSR count). The molecule has 3 aromatic rings. The van der Waals surface area contributed by atoms with Crippen molar-refractivity contribution >= 4 is 11.0 Å². The molecule has 0 radical (unpaired) electrons. The molecule has 1 aromatic heterocycles. The highest BCUT2D eigenvalue weighted by atomic mass is 16.8. The van der Waals surface area contributed by atoms with Crippen LogP contribution < -0.4 is 14.9 Å². The molecule has 6 unspecified atom stereocenters. The number of hydrogen-bond donors (Lipinski definition) is 8. The standard InChI is InChI=1S/C28H32O15/c1-10-21(33)23(35)25(37)27(39-10)43-26-24(36)22(34)19(9-29)42-28(26)40-12-6-14(31)20-15(32)8-17(41-18(20)7-12)11-3-4-16(38-2)13(30)5-11/h3-8,10,19,21-31,33-37H,9H2,1-2H3/t10?,19?,21-,22-,23?,24?,25?,26?,27-,28+/m0/s1. The Balaban J connectivity index is 1.48. The summed E-state index contributed by atoms with van der Waals surface area (Å²) in [6.07, 6.45) is -15.4.